The van der Waals surface area contributed by atoms with Crippen molar-refractivity contribution >= 4 is 39.2 Å². The molecule has 2 aromatic heterocycles. The number of H-pyrrole nitrogens is 1. The SMILES string of the molecule is Cc1ccc(NC(=O)c2ccc3[nH]c4c5[n+](ccc4c3c2)-c2ccccc2C5=O)cc1.[Br-]. The van der Waals surface area contributed by atoms with Gasteiger partial charge in [-0.3, -0.25) is 9.59 Å². The molecule has 1 aliphatic rings. The molecule has 0 saturated heterocycles. The first-order valence-corrected chi connectivity index (χ1v) is 10.1. The number of aryl methyl sites for hydroxylation is 1. The molecule has 0 radical (unpaired) electrons. The van der Waals surface area contributed by atoms with Gasteiger partial charge in [0.05, 0.1) is 0 Å². The fourth-order valence-electron chi connectivity index (χ4n) is 4.33. The molecule has 0 spiro atoms. The van der Waals surface area contributed by atoms with Crippen LogP contribution in [0.1, 0.15) is 32.0 Å². The number of ketones is 1. The summed E-state index contributed by atoms with van der Waals surface area (Å²) in [6, 6.07) is 22.9. The number of aromatic nitrogens is 2. The fraction of sp³-hybridized carbons (Fsp3) is 0.0385. The third-order valence-corrected chi connectivity index (χ3v) is 5.90. The second kappa shape index (κ2) is 7.43. The van der Waals surface area contributed by atoms with Crippen molar-refractivity contribution in [2.45, 2.75) is 6.92 Å². The van der Waals surface area contributed by atoms with Gasteiger partial charge in [0.15, 0.2) is 6.20 Å². The number of amides is 1. The first kappa shape index (κ1) is 20.2. The van der Waals surface area contributed by atoms with Gasteiger partial charge < -0.3 is 27.3 Å². The lowest BCUT2D eigenvalue weighted by Crippen LogP contribution is -3.00. The molecule has 32 heavy (non-hydrogen) atoms. The Kier molecular flexibility index (Phi) is 4.68. The first-order valence-electron chi connectivity index (χ1n) is 10.1. The quantitative estimate of drug-likeness (QED) is 0.368. The second-order valence-electron chi connectivity index (χ2n) is 7.87. The van der Waals surface area contributed by atoms with E-state index in [1.54, 1.807) is 6.07 Å². The van der Waals surface area contributed by atoms with Gasteiger partial charge in [-0.05, 0) is 43.3 Å². The molecule has 5 aromatic rings. The molecule has 0 unspecified atom stereocenters. The zero-order chi connectivity index (χ0) is 21.1. The number of hydrogen-bond donors (Lipinski definition) is 2. The van der Waals surface area contributed by atoms with Crippen LogP contribution in [0.4, 0.5) is 5.69 Å². The van der Waals surface area contributed by atoms with Crippen LogP contribution in [0.5, 0.6) is 0 Å². The van der Waals surface area contributed by atoms with Gasteiger partial charge in [-0.15, -0.1) is 0 Å². The fourth-order valence-corrected chi connectivity index (χ4v) is 4.33. The summed E-state index contributed by atoms with van der Waals surface area (Å²) in [6.07, 6.45) is 1.92. The van der Waals surface area contributed by atoms with Gasteiger partial charge in [0, 0.05) is 39.7 Å². The molecule has 3 aromatic carbocycles. The number of para-hydroxylation sites is 1. The highest BCUT2D eigenvalue weighted by atomic mass is 79.9. The number of fused-ring (bicyclic) bond motifs is 7. The topological polar surface area (TPSA) is 65.8 Å². The molecule has 6 heteroatoms. The number of rotatable bonds is 2. The monoisotopic (exact) mass is 483 g/mol. The number of carbonyl (C=O) groups excluding carboxylic acids is 2. The van der Waals surface area contributed by atoms with Gasteiger partial charge in [0.1, 0.15) is 11.1 Å². The van der Waals surface area contributed by atoms with Crippen molar-refractivity contribution < 1.29 is 31.1 Å². The second-order valence-corrected chi connectivity index (χ2v) is 7.87. The predicted octanol–water partition coefficient (Wildman–Crippen LogP) is 1.71. The molecular weight excluding hydrogens is 466 g/mol. The minimum absolute atomic E-state index is 0. The zero-order valence-corrected chi connectivity index (χ0v) is 18.7. The number of aromatic amines is 1. The summed E-state index contributed by atoms with van der Waals surface area (Å²) in [5, 5.41) is 4.78. The average molecular weight is 484 g/mol. The van der Waals surface area contributed by atoms with E-state index in [9.17, 15) is 9.59 Å². The van der Waals surface area contributed by atoms with Gasteiger partial charge in [-0.2, -0.15) is 4.57 Å². The first-order chi connectivity index (χ1) is 15.1. The van der Waals surface area contributed by atoms with Crippen molar-refractivity contribution in [2.75, 3.05) is 5.32 Å². The highest BCUT2D eigenvalue weighted by molar-refractivity contribution is 6.21. The molecule has 0 saturated carbocycles. The van der Waals surface area contributed by atoms with Gasteiger partial charge in [-0.25, -0.2) is 0 Å². The van der Waals surface area contributed by atoms with E-state index in [1.807, 2.05) is 84.4 Å². The van der Waals surface area contributed by atoms with E-state index in [0.29, 0.717) is 16.8 Å². The lowest BCUT2D eigenvalue weighted by molar-refractivity contribution is -0.592. The van der Waals surface area contributed by atoms with Crippen LogP contribution in [-0.4, -0.2) is 16.7 Å². The van der Waals surface area contributed by atoms with Crippen LogP contribution in [-0.2, 0) is 0 Å². The number of nitrogens with one attached hydrogen (secondary N) is 2. The third-order valence-electron chi connectivity index (χ3n) is 5.90. The van der Waals surface area contributed by atoms with Crippen LogP contribution in [0.15, 0.2) is 79.0 Å². The minimum atomic E-state index is -0.167. The third kappa shape index (κ3) is 2.95. The van der Waals surface area contributed by atoms with Crippen LogP contribution in [0.25, 0.3) is 27.5 Å². The van der Waals surface area contributed by atoms with E-state index in [4.69, 9.17) is 0 Å². The highest BCUT2D eigenvalue weighted by Crippen LogP contribution is 2.31. The van der Waals surface area contributed by atoms with Crippen molar-refractivity contribution in [1.82, 2.24) is 4.98 Å². The van der Waals surface area contributed by atoms with Crippen molar-refractivity contribution in [1.29, 1.82) is 0 Å². The van der Waals surface area contributed by atoms with Crippen molar-refractivity contribution in [3.63, 3.8) is 0 Å². The molecule has 5 nitrogen and oxygen atoms in total. The molecule has 3 heterocycles. The molecule has 6 rings (SSSR count). The average Bonchev–Trinajstić information content (AvgIpc) is 3.30. The summed E-state index contributed by atoms with van der Waals surface area (Å²) in [4.78, 5) is 29.3. The van der Waals surface area contributed by atoms with Crippen molar-refractivity contribution in [2.24, 2.45) is 0 Å². The van der Waals surface area contributed by atoms with Crippen LogP contribution >= 0.6 is 0 Å². The Bertz CT molecular complexity index is 1550. The lowest BCUT2D eigenvalue weighted by Gasteiger charge is -2.06. The van der Waals surface area contributed by atoms with E-state index >= 15 is 0 Å². The van der Waals surface area contributed by atoms with Crippen molar-refractivity contribution in [3.05, 3.63) is 101 Å². The van der Waals surface area contributed by atoms with Crippen molar-refractivity contribution in [3.8, 4) is 5.69 Å². The largest absolute Gasteiger partial charge is 1.00 e. The summed E-state index contributed by atoms with van der Waals surface area (Å²) < 4.78 is 1.93. The number of anilines is 1. The van der Waals surface area contributed by atoms with E-state index in [2.05, 4.69) is 10.3 Å². The number of halogens is 1. The maximum Gasteiger partial charge on any atom is 0.284 e. The Balaban J connectivity index is 0.00000216. The molecule has 0 fully saturated rings. The molecule has 1 amide bonds. The van der Waals surface area contributed by atoms with E-state index in [0.717, 1.165) is 38.7 Å². The number of nitrogens with zero attached hydrogens (tertiary/aromatic N) is 1. The standard InChI is InChI=1S/C26H17N3O2.BrH/c1-15-6-9-17(10-7-15)27-26(31)16-8-11-21-20(14-16)18-12-13-29-22-5-3-2-4-19(22)25(30)24(29)23(18)28-21;/h2-14H,1H3,(H,27,31);1H. The lowest BCUT2D eigenvalue weighted by atomic mass is 10.1. The number of benzene rings is 3. The summed E-state index contributed by atoms with van der Waals surface area (Å²) in [5.74, 6) is -0.163. The Morgan fingerprint density at radius 1 is 0.938 bits per heavy atom. The molecule has 0 atom stereocenters. The highest BCUT2D eigenvalue weighted by Gasteiger charge is 2.38. The molecule has 1 aliphatic heterocycles. The Morgan fingerprint density at radius 2 is 1.72 bits per heavy atom. The maximum atomic E-state index is 13.1. The van der Waals surface area contributed by atoms with Gasteiger partial charge in [-0.1, -0.05) is 29.8 Å². The van der Waals surface area contributed by atoms with E-state index in [-0.39, 0.29) is 28.7 Å². The van der Waals surface area contributed by atoms with Crippen LogP contribution < -0.4 is 26.9 Å². The molecule has 0 bridgehead atoms. The predicted molar refractivity (Wildman–Crippen MR) is 120 cm³/mol. The molecular formula is C26H18BrN3O2. The minimum Gasteiger partial charge on any atom is -1.00 e. The normalized spacial score (nSPS) is 11.8. The molecule has 156 valence electrons. The van der Waals surface area contributed by atoms with E-state index < -0.39 is 0 Å². The molecule has 0 aliphatic carbocycles. The van der Waals surface area contributed by atoms with Gasteiger partial charge in [0.2, 0.25) is 5.69 Å². The summed E-state index contributed by atoms with van der Waals surface area (Å²) >= 11 is 0. The van der Waals surface area contributed by atoms with Gasteiger partial charge >= 0.3 is 0 Å². The summed E-state index contributed by atoms with van der Waals surface area (Å²) in [6.45, 7) is 2.01. The van der Waals surface area contributed by atoms with Crippen LogP contribution in [0.2, 0.25) is 0 Å². The Morgan fingerprint density at radius 3 is 2.53 bits per heavy atom. The number of carbonyl (C=O) groups is 2. The summed E-state index contributed by atoms with van der Waals surface area (Å²) in [5.41, 5.74) is 6.35. The maximum absolute atomic E-state index is 13.1. The zero-order valence-electron chi connectivity index (χ0n) is 17.1. The Labute approximate surface area is 194 Å². The van der Waals surface area contributed by atoms with E-state index in [1.165, 1.54) is 0 Å². The smallest absolute Gasteiger partial charge is 0.284 e. The van der Waals surface area contributed by atoms with Crippen LogP contribution in [0, 0.1) is 6.92 Å². The number of pyridine rings is 1. The van der Waals surface area contributed by atoms with Gasteiger partial charge in [0.25, 0.3) is 17.4 Å². The summed E-state index contributed by atoms with van der Waals surface area (Å²) in [7, 11) is 0. The number of hydrogen-bond acceptors (Lipinski definition) is 2. The van der Waals surface area contributed by atoms with Crippen LogP contribution in [0.3, 0.4) is 0 Å². The molecule has 2 N–H and O–H groups in total. The Hall–Kier alpha value is -3.77.